The first-order valence-electron chi connectivity index (χ1n) is 7.22. The average molecular weight is 295 g/mol. The molecule has 2 unspecified atom stereocenters. The summed E-state index contributed by atoms with van der Waals surface area (Å²) in [5, 5.41) is 3.27. The van der Waals surface area contributed by atoms with E-state index in [9.17, 15) is 8.42 Å². The van der Waals surface area contributed by atoms with Gasteiger partial charge in [-0.25, -0.2) is 8.42 Å². The average Bonchev–Trinajstić information content (AvgIpc) is 3.16. The third-order valence-corrected chi connectivity index (χ3v) is 5.91. The number of nitrogens with one attached hydrogen (secondary N) is 1. The fourth-order valence-electron chi connectivity index (χ4n) is 2.89. The monoisotopic (exact) mass is 295 g/mol. The van der Waals surface area contributed by atoms with Crippen molar-refractivity contribution >= 4 is 9.84 Å². The lowest BCUT2D eigenvalue weighted by Crippen LogP contribution is -2.26. The molecule has 2 fully saturated rings. The van der Waals surface area contributed by atoms with Crippen LogP contribution in [-0.4, -0.2) is 33.1 Å². The predicted molar refractivity (Wildman–Crippen MR) is 78.7 cm³/mol. The maximum absolute atomic E-state index is 11.6. The molecule has 1 saturated carbocycles. The molecule has 2 atom stereocenters. The molecule has 0 aromatic heterocycles. The van der Waals surface area contributed by atoms with Gasteiger partial charge in [-0.2, -0.15) is 0 Å². The molecular weight excluding hydrogens is 274 g/mol. The summed E-state index contributed by atoms with van der Waals surface area (Å²) >= 11 is 0. The molecule has 110 valence electrons. The Morgan fingerprint density at radius 2 is 1.90 bits per heavy atom. The maximum atomic E-state index is 11.6. The van der Waals surface area contributed by atoms with E-state index in [1.54, 1.807) is 0 Å². The molecule has 20 heavy (non-hydrogen) atoms. The molecule has 1 N–H and O–H groups in total. The van der Waals surface area contributed by atoms with Crippen molar-refractivity contribution in [2.45, 2.75) is 31.4 Å². The number of rotatable bonds is 5. The Morgan fingerprint density at radius 1 is 1.20 bits per heavy atom. The molecule has 0 bridgehead atoms. The predicted octanol–water partition coefficient (Wildman–Crippen LogP) is 1.92. The molecule has 1 heterocycles. The highest BCUT2D eigenvalue weighted by molar-refractivity contribution is 7.91. The van der Waals surface area contributed by atoms with Crippen molar-refractivity contribution in [3.8, 4) is 5.75 Å². The van der Waals surface area contributed by atoms with Crippen LogP contribution in [0.15, 0.2) is 24.3 Å². The fourth-order valence-corrected chi connectivity index (χ4v) is 4.73. The zero-order chi connectivity index (χ0) is 14.2. The SMILES string of the molecule is CNC(c1ccc(OC2CC2)cc1)C1CCS(=O)(=O)C1. The Morgan fingerprint density at radius 3 is 2.40 bits per heavy atom. The van der Waals surface area contributed by atoms with Gasteiger partial charge in [0.1, 0.15) is 5.75 Å². The Balaban J connectivity index is 1.72. The second kappa shape index (κ2) is 5.37. The van der Waals surface area contributed by atoms with Crippen LogP contribution in [0.3, 0.4) is 0 Å². The zero-order valence-corrected chi connectivity index (χ0v) is 12.5. The second-order valence-corrected chi connectivity index (χ2v) is 8.04. The largest absolute Gasteiger partial charge is 0.490 e. The number of ether oxygens (including phenoxy) is 1. The topological polar surface area (TPSA) is 55.4 Å². The first-order valence-corrected chi connectivity index (χ1v) is 9.04. The van der Waals surface area contributed by atoms with Crippen molar-refractivity contribution in [2.24, 2.45) is 5.92 Å². The Kier molecular flexibility index (Phi) is 3.73. The number of hydrogen-bond donors (Lipinski definition) is 1. The van der Waals surface area contributed by atoms with Crippen molar-refractivity contribution in [3.63, 3.8) is 0 Å². The minimum absolute atomic E-state index is 0.0993. The van der Waals surface area contributed by atoms with Gasteiger partial charge in [-0.05, 0) is 49.9 Å². The second-order valence-electron chi connectivity index (χ2n) is 5.82. The van der Waals surface area contributed by atoms with Gasteiger partial charge < -0.3 is 10.1 Å². The van der Waals surface area contributed by atoms with Crippen molar-refractivity contribution in [2.75, 3.05) is 18.6 Å². The normalized spacial score (nSPS) is 26.4. The lowest BCUT2D eigenvalue weighted by Gasteiger charge is -2.22. The maximum Gasteiger partial charge on any atom is 0.150 e. The third kappa shape index (κ3) is 3.15. The molecule has 1 aromatic carbocycles. The molecular formula is C15H21NO3S. The molecule has 1 aliphatic carbocycles. The van der Waals surface area contributed by atoms with Gasteiger partial charge in [0.2, 0.25) is 0 Å². The summed E-state index contributed by atoms with van der Waals surface area (Å²) in [6.45, 7) is 0. The van der Waals surface area contributed by atoms with Gasteiger partial charge in [0, 0.05) is 6.04 Å². The number of sulfone groups is 1. The highest BCUT2D eigenvalue weighted by Gasteiger charge is 2.33. The van der Waals surface area contributed by atoms with Crippen LogP contribution in [0.5, 0.6) is 5.75 Å². The molecule has 4 nitrogen and oxygen atoms in total. The highest BCUT2D eigenvalue weighted by Crippen LogP contribution is 2.33. The van der Waals surface area contributed by atoms with Gasteiger partial charge >= 0.3 is 0 Å². The molecule has 1 saturated heterocycles. The molecule has 0 radical (unpaired) electrons. The standard InChI is InChI=1S/C15H21NO3S/c1-16-15(12-8-9-20(17,18)10-12)11-2-4-13(5-3-11)19-14-6-7-14/h2-5,12,14-16H,6-10H2,1H3. The van der Waals surface area contributed by atoms with Gasteiger partial charge in [-0.1, -0.05) is 12.1 Å². The molecule has 3 rings (SSSR count). The van der Waals surface area contributed by atoms with Crippen LogP contribution in [0.2, 0.25) is 0 Å². The van der Waals surface area contributed by atoms with Crippen LogP contribution >= 0.6 is 0 Å². The quantitative estimate of drug-likeness (QED) is 0.902. The van der Waals surface area contributed by atoms with E-state index in [1.807, 2.05) is 31.3 Å². The molecule has 0 amide bonds. The van der Waals surface area contributed by atoms with Crippen LogP contribution in [0.4, 0.5) is 0 Å². The van der Waals surface area contributed by atoms with Crippen LogP contribution in [0.1, 0.15) is 30.9 Å². The Hall–Kier alpha value is -1.07. The molecule has 5 heteroatoms. The van der Waals surface area contributed by atoms with Gasteiger partial charge in [-0.3, -0.25) is 0 Å². The molecule has 2 aliphatic rings. The van der Waals surface area contributed by atoms with Gasteiger partial charge in [0.05, 0.1) is 17.6 Å². The summed E-state index contributed by atoms with van der Waals surface area (Å²) in [4.78, 5) is 0. The van der Waals surface area contributed by atoms with E-state index < -0.39 is 9.84 Å². The first-order chi connectivity index (χ1) is 9.57. The van der Waals surface area contributed by atoms with Gasteiger partial charge in [0.15, 0.2) is 9.84 Å². The minimum atomic E-state index is -2.84. The molecule has 1 aliphatic heterocycles. The highest BCUT2D eigenvalue weighted by atomic mass is 32.2. The van der Waals surface area contributed by atoms with Crippen LogP contribution in [-0.2, 0) is 9.84 Å². The summed E-state index contributed by atoms with van der Waals surface area (Å²) in [6, 6.07) is 8.17. The number of benzene rings is 1. The third-order valence-electron chi connectivity index (χ3n) is 4.12. The van der Waals surface area contributed by atoms with E-state index in [2.05, 4.69) is 5.32 Å². The van der Waals surface area contributed by atoms with E-state index >= 15 is 0 Å². The summed E-state index contributed by atoms with van der Waals surface area (Å²) in [5.74, 6) is 1.68. The van der Waals surface area contributed by atoms with Crippen LogP contribution in [0.25, 0.3) is 0 Å². The van der Waals surface area contributed by atoms with Crippen molar-refractivity contribution in [3.05, 3.63) is 29.8 Å². The lowest BCUT2D eigenvalue weighted by atomic mass is 9.92. The van der Waals surface area contributed by atoms with Crippen molar-refractivity contribution in [1.82, 2.24) is 5.32 Å². The van der Waals surface area contributed by atoms with Gasteiger partial charge in [0.25, 0.3) is 0 Å². The summed E-state index contributed by atoms with van der Waals surface area (Å²) in [6.07, 6.45) is 3.46. The fraction of sp³-hybridized carbons (Fsp3) is 0.600. The van der Waals surface area contributed by atoms with Crippen LogP contribution < -0.4 is 10.1 Å². The first kappa shape index (κ1) is 13.9. The van der Waals surface area contributed by atoms with Crippen molar-refractivity contribution in [1.29, 1.82) is 0 Å². The van der Waals surface area contributed by atoms with E-state index in [0.717, 1.165) is 30.6 Å². The molecule has 0 spiro atoms. The zero-order valence-electron chi connectivity index (χ0n) is 11.7. The Bertz CT molecular complexity index is 563. The van der Waals surface area contributed by atoms with Crippen molar-refractivity contribution < 1.29 is 13.2 Å². The Labute approximate surface area is 120 Å². The number of hydrogen-bond acceptors (Lipinski definition) is 4. The van der Waals surface area contributed by atoms with Gasteiger partial charge in [-0.15, -0.1) is 0 Å². The van der Waals surface area contributed by atoms with E-state index in [-0.39, 0.29) is 12.0 Å². The summed E-state index contributed by atoms with van der Waals surface area (Å²) in [5.41, 5.74) is 1.14. The van der Waals surface area contributed by atoms with E-state index in [0.29, 0.717) is 17.6 Å². The smallest absolute Gasteiger partial charge is 0.150 e. The van der Waals surface area contributed by atoms with Crippen LogP contribution in [0, 0.1) is 5.92 Å². The summed E-state index contributed by atoms with van der Waals surface area (Å²) in [7, 11) is -0.946. The molecule has 1 aromatic rings. The van der Waals surface area contributed by atoms with E-state index in [1.165, 1.54) is 0 Å². The lowest BCUT2D eigenvalue weighted by molar-refractivity contribution is 0.303. The summed E-state index contributed by atoms with van der Waals surface area (Å²) < 4.78 is 29.0. The van der Waals surface area contributed by atoms with E-state index in [4.69, 9.17) is 4.74 Å². The minimum Gasteiger partial charge on any atom is -0.490 e.